The van der Waals surface area contributed by atoms with Crippen LogP contribution in [0.1, 0.15) is 11.6 Å². The van der Waals surface area contributed by atoms with Crippen molar-refractivity contribution in [3.63, 3.8) is 0 Å². The topological polar surface area (TPSA) is 80.0 Å². The van der Waals surface area contributed by atoms with Crippen LogP contribution < -0.4 is 5.32 Å². The van der Waals surface area contributed by atoms with Gasteiger partial charge in [0.05, 0.1) is 0 Å². The normalized spacial score (nSPS) is 17.3. The number of nitrogens with one attached hydrogen (secondary N) is 1. The molecule has 2 N–H and O–H groups in total. The first-order valence-electron chi connectivity index (χ1n) is 5.52. The molecule has 0 fully saturated rings. The Labute approximate surface area is 113 Å². The van der Waals surface area contributed by atoms with Crippen LogP contribution in [0, 0.1) is 0 Å². The minimum Gasteiger partial charge on any atom is -0.477 e. The highest BCUT2D eigenvalue weighted by atomic mass is 35.5. The molecule has 1 aromatic carbocycles. The van der Waals surface area contributed by atoms with E-state index in [9.17, 15) is 4.79 Å². The molecule has 1 aliphatic heterocycles. The number of carbonyl (C=O) groups is 1. The number of carboxylic acids is 1. The Kier molecular flexibility index (Phi) is 2.72. The molecule has 0 aliphatic carbocycles. The van der Waals surface area contributed by atoms with Crippen LogP contribution in [0.25, 0.3) is 0 Å². The molecule has 96 valence electrons. The largest absolute Gasteiger partial charge is 0.477 e. The molecule has 2 heterocycles. The van der Waals surface area contributed by atoms with E-state index in [-0.39, 0.29) is 11.7 Å². The van der Waals surface area contributed by atoms with Crippen molar-refractivity contribution in [2.24, 2.45) is 0 Å². The third-order valence-corrected chi connectivity index (χ3v) is 3.06. The molecule has 0 amide bonds. The SMILES string of the molecule is O=C(O)C1=C[C@H](c2cccc(Cl)c2)n2ncnc2N1. The Balaban J connectivity index is 2.11. The van der Waals surface area contributed by atoms with Gasteiger partial charge in [-0.1, -0.05) is 23.7 Å². The summed E-state index contributed by atoms with van der Waals surface area (Å²) in [7, 11) is 0. The molecule has 0 unspecified atom stereocenters. The third-order valence-electron chi connectivity index (χ3n) is 2.83. The Morgan fingerprint density at radius 1 is 1.47 bits per heavy atom. The highest BCUT2D eigenvalue weighted by molar-refractivity contribution is 6.30. The van der Waals surface area contributed by atoms with Crippen LogP contribution in [0.3, 0.4) is 0 Å². The maximum atomic E-state index is 11.1. The molecule has 0 saturated carbocycles. The van der Waals surface area contributed by atoms with E-state index in [1.807, 2.05) is 12.1 Å². The molecule has 19 heavy (non-hydrogen) atoms. The smallest absolute Gasteiger partial charge is 0.352 e. The number of aromatic nitrogens is 3. The van der Waals surface area contributed by atoms with Crippen molar-refractivity contribution in [3.8, 4) is 0 Å². The third kappa shape index (κ3) is 2.06. The van der Waals surface area contributed by atoms with Crippen molar-refractivity contribution < 1.29 is 9.90 Å². The zero-order valence-electron chi connectivity index (χ0n) is 9.62. The average Bonchev–Trinajstić information content (AvgIpc) is 2.85. The van der Waals surface area contributed by atoms with Gasteiger partial charge in [0.1, 0.15) is 18.1 Å². The zero-order chi connectivity index (χ0) is 13.4. The molecule has 0 saturated heterocycles. The van der Waals surface area contributed by atoms with Gasteiger partial charge in [-0.05, 0) is 23.8 Å². The minimum absolute atomic E-state index is 0.0745. The van der Waals surface area contributed by atoms with Crippen LogP contribution in [-0.2, 0) is 4.79 Å². The van der Waals surface area contributed by atoms with E-state index in [4.69, 9.17) is 16.7 Å². The average molecular weight is 277 g/mol. The van der Waals surface area contributed by atoms with Crippen molar-refractivity contribution in [3.05, 3.63) is 53.0 Å². The van der Waals surface area contributed by atoms with Gasteiger partial charge < -0.3 is 10.4 Å². The van der Waals surface area contributed by atoms with Crippen molar-refractivity contribution in [1.82, 2.24) is 14.8 Å². The molecule has 0 bridgehead atoms. The molecule has 1 atom stereocenters. The summed E-state index contributed by atoms with van der Waals surface area (Å²) < 4.78 is 1.61. The quantitative estimate of drug-likeness (QED) is 0.876. The van der Waals surface area contributed by atoms with E-state index < -0.39 is 5.97 Å². The number of rotatable bonds is 2. The van der Waals surface area contributed by atoms with Crippen LogP contribution in [0.5, 0.6) is 0 Å². The van der Waals surface area contributed by atoms with Crippen LogP contribution in [0.2, 0.25) is 5.02 Å². The standard InChI is InChI=1S/C12H9ClN4O2/c13-8-3-1-2-7(4-8)10-5-9(11(18)19)16-12-14-6-15-17(10)12/h1-6,10H,(H,18,19)(H,14,15,16)/t10-/m1/s1. The Bertz CT molecular complexity index is 680. The lowest BCUT2D eigenvalue weighted by atomic mass is 10.0. The van der Waals surface area contributed by atoms with Gasteiger partial charge in [-0.2, -0.15) is 10.1 Å². The van der Waals surface area contributed by atoms with Gasteiger partial charge in [-0.3, -0.25) is 0 Å². The molecular weight excluding hydrogens is 268 g/mol. The molecule has 2 aromatic rings. The van der Waals surface area contributed by atoms with E-state index in [1.54, 1.807) is 22.9 Å². The number of hydrogen-bond donors (Lipinski definition) is 2. The summed E-state index contributed by atoms with van der Waals surface area (Å²) in [6, 6.07) is 6.87. The van der Waals surface area contributed by atoms with Gasteiger partial charge in [0.2, 0.25) is 5.95 Å². The summed E-state index contributed by atoms with van der Waals surface area (Å²) >= 11 is 5.97. The summed E-state index contributed by atoms with van der Waals surface area (Å²) in [6.45, 7) is 0. The summed E-state index contributed by atoms with van der Waals surface area (Å²) in [5, 5.41) is 16.5. The molecule has 0 spiro atoms. The second-order valence-electron chi connectivity index (χ2n) is 4.04. The van der Waals surface area contributed by atoms with E-state index >= 15 is 0 Å². The van der Waals surface area contributed by atoms with Crippen molar-refractivity contribution in [2.45, 2.75) is 6.04 Å². The van der Waals surface area contributed by atoms with E-state index in [0.29, 0.717) is 11.0 Å². The molecule has 1 aromatic heterocycles. The monoisotopic (exact) mass is 276 g/mol. The van der Waals surface area contributed by atoms with Gasteiger partial charge in [-0.15, -0.1) is 0 Å². The molecule has 0 radical (unpaired) electrons. The maximum absolute atomic E-state index is 11.1. The number of allylic oxidation sites excluding steroid dienone is 1. The number of anilines is 1. The molecular formula is C12H9ClN4O2. The first-order valence-corrected chi connectivity index (χ1v) is 5.90. The molecule has 6 nitrogen and oxygen atoms in total. The number of nitrogens with zero attached hydrogens (tertiary/aromatic N) is 3. The molecule has 1 aliphatic rings. The predicted molar refractivity (Wildman–Crippen MR) is 69.0 cm³/mol. The summed E-state index contributed by atoms with van der Waals surface area (Å²) in [4.78, 5) is 15.1. The summed E-state index contributed by atoms with van der Waals surface area (Å²) in [5.74, 6) is -0.647. The second kappa shape index (κ2) is 4.40. The fraction of sp³-hybridized carbons (Fsp3) is 0.0833. The van der Waals surface area contributed by atoms with Crippen LogP contribution in [0.15, 0.2) is 42.4 Å². The Morgan fingerprint density at radius 3 is 3.05 bits per heavy atom. The highest BCUT2D eigenvalue weighted by Gasteiger charge is 2.25. The fourth-order valence-electron chi connectivity index (χ4n) is 1.99. The van der Waals surface area contributed by atoms with Crippen molar-refractivity contribution in [2.75, 3.05) is 5.32 Å². The number of carboxylic acid groups (broad SMARTS) is 1. The lowest BCUT2D eigenvalue weighted by Crippen LogP contribution is -2.24. The zero-order valence-corrected chi connectivity index (χ0v) is 10.4. The van der Waals surface area contributed by atoms with Crippen LogP contribution >= 0.6 is 11.6 Å². The lowest BCUT2D eigenvalue weighted by molar-refractivity contribution is -0.132. The van der Waals surface area contributed by atoms with Gasteiger partial charge in [0.15, 0.2) is 0 Å². The first-order chi connectivity index (χ1) is 9.15. The molecule has 7 heteroatoms. The lowest BCUT2D eigenvalue weighted by Gasteiger charge is -2.22. The van der Waals surface area contributed by atoms with Crippen LogP contribution in [0.4, 0.5) is 5.95 Å². The first kappa shape index (κ1) is 11.7. The summed E-state index contributed by atoms with van der Waals surface area (Å²) in [5.41, 5.74) is 0.921. The van der Waals surface area contributed by atoms with Gasteiger partial charge in [0, 0.05) is 5.02 Å². The number of aliphatic carboxylic acids is 1. The number of halogens is 1. The fourth-order valence-corrected chi connectivity index (χ4v) is 2.19. The maximum Gasteiger partial charge on any atom is 0.352 e. The predicted octanol–water partition coefficient (Wildman–Crippen LogP) is 1.91. The van der Waals surface area contributed by atoms with Gasteiger partial charge in [-0.25, -0.2) is 9.48 Å². The van der Waals surface area contributed by atoms with E-state index in [0.717, 1.165) is 5.56 Å². The van der Waals surface area contributed by atoms with Gasteiger partial charge in [0.25, 0.3) is 0 Å². The van der Waals surface area contributed by atoms with Crippen LogP contribution in [-0.4, -0.2) is 25.8 Å². The molecule has 3 rings (SSSR count). The Hall–Kier alpha value is -2.34. The van der Waals surface area contributed by atoms with E-state index in [2.05, 4.69) is 15.4 Å². The number of benzene rings is 1. The summed E-state index contributed by atoms with van der Waals surface area (Å²) in [6.07, 6.45) is 2.95. The number of hydrogen-bond acceptors (Lipinski definition) is 4. The number of fused-ring (bicyclic) bond motifs is 1. The highest BCUT2D eigenvalue weighted by Crippen LogP contribution is 2.29. The van der Waals surface area contributed by atoms with Crippen molar-refractivity contribution in [1.29, 1.82) is 0 Å². The van der Waals surface area contributed by atoms with Crippen molar-refractivity contribution >= 4 is 23.5 Å². The van der Waals surface area contributed by atoms with E-state index in [1.165, 1.54) is 6.33 Å². The second-order valence-corrected chi connectivity index (χ2v) is 4.47. The van der Waals surface area contributed by atoms with Gasteiger partial charge >= 0.3 is 5.97 Å². The minimum atomic E-state index is -1.04. The Morgan fingerprint density at radius 2 is 2.32 bits per heavy atom.